The number of alkyl halides is 2. The number of aromatic nitrogens is 2. The minimum Gasteiger partial charge on any atom is -0.415 e. The van der Waals surface area contributed by atoms with Gasteiger partial charge in [-0.1, -0.05) is 0 Å². The summed E-state index contributed by atoms with van der Waals surface area (Å²) in [5, 5.41) is 0. The van der Waals surface area contributed by atoms with E-state index < -0.39 is 6.61 Å². The molecule has 3 rings (SSSR count). The summed E-state index contributed by atoms with van der Waals surface area (Å²) in [6.45, 7) is 1.14. The van der Waals surface area contributed by atoms with Crippen molar-refractivity contribution in [2.45, 2.75) is 13.5 Å². The lowest BCUT2D eigenvalue weighted by Crippen LogP contribution is -2.36. The lowest BCUT2D eigenvalue weighted by atomic mass is 10.1. The van der Waals surface area contributed by atoms with Gasteiger partial charge in [0.25, 0.3) is 0 Å². The second-order valence-electron chi connectivity index (χ2n) is 5.43. The molecule has 2 N–H and O–H groups in total. The maximum atomic E-state index is 12.7. The third-order valence-corrected chi connectivity index (χ3v) is 3.80. The summed E-state index contributed by atoms with van der Waals surface area (Å²) in [5.41, 5.74) is 9.18. The fourth-order valence-electron chi connectivity index (χ4n) is 2.64. The molecule has 1 saturated heterocycles. The number of pyridine rings is 2. The molecule has 24 heavy (non-hydrogen) atoms. The standard InChI is InChI=1S/C16H18F2N4O2/c1-10-13(7-12(19)9-20-10)11-6-14(22-2-4-23-5-3-22)15(21-8-11)24-16(17)18/h6-9,16H,2-5,19H2,1H3. The zero-order valence-corrected chi connectivity index (χ0v) is 13.2. The van der Waals surface area contributed by atoms with Gasteiger partial charge in [0.15, 0.2) is 0 Å². The van der Waals surface area contributed by atoms with E-state index in [-0.39, 0.29) is 5.88 Å². The Morgan fingerprint density at radius 1 is 1.21 bits per heavy atom. The minimum absolute atomic E-state index is 0.0924. The average Bonchev–Trinajstić information content (AvgIpc) is 2.58. The van der Waals surface area contributed by atoms with Gasteiger partial charge in [-0.2, -0.15) is 8.78 Å². The van der Waals surface area contributed by atoms with Crippen LogP contribution in [0, 0.1) is 6.92 Å². The van der Waals surface area contributed by atoms with E-state index in [4.69, 9.17) is 10.5 Å². The van der Waals surface area contributed by atoms with E-state index in [1.165, 1.54) is 6.20 Å². The summed E-state index contributed by atoms with van der Waals surface area (Å²) in [4.78, 5) is 10.2. The first-order valence-electron chi connectivity index (χ1n) is 7.54. The molecule has 0 unspecified atom stereocenters. The molecule has 3 heterocycles. The summed E-state index contributed by atoms with van der Waals surface area (Å²) in [6.07, 6.45) is 3.06. The van der Waals surface area contributed by atoms with E-state index in [1.807, 2.05) is 11.8 Å². The number of aryl methyl sites for hydroxylation is 1. The summed E-state index contributed by atoms with van der Waals surface area (Å²) in [7, 11) is 0. The molecule has 2 aromatic heterocycles. The Hall–Kier alpha value is -2.48. The van der Waals surface area contributed by atoms with Gasteiger partial charge in [-0.15, -0.1) is 0 Å². The molecule has 1 aliphatic heterocycles. The largest absolute Gasteiger partial charge is 0.415 e. The number of nitrogens with zero attached hydrogens (tertiary/aromatic N) is 3. The summed E-state index contributed by atoms with van der Waals surface area (Å²) in [5.74, 6) is -0.0924. The van der Waals surface area contributed by atoms with Gasteiger partial charge in [-0.25, -0.2) is 4.98 Å². The van der Waals surface area contributed by atoms with Crippen LogP contribution in [0.25, 0.3) is 11.1 Å². The van der Waals surface area contributed by atoms with E-state index in [9.17, 15) is 8.78 Å². The Kier molecular flexibility index (Phi) is 4.75. The first kappa shape index (κ1) is 16.4. The second kappa shape index (κ2) is 6.96. The molecule has 1 fully saturated rings. The number of nitrogen functional groups attached to an aromatic ring is 1. The molecule has 0 aromatic carbocycles. The van der Waals surface area contributed by atoms with Crippen LogP contribution in [0.2, 0.25) is 0 Å². The fourth-order valence-corrected chi connectivity index (χ4v) is 2.64. The topological polar surface area (TPSA) is 73.5 Å². The molecule has 128 valence electrons. The smallest absolute Gasteiger partial charge is 0.388 e. The van der Waals surface area contributed by atoms with E-state index in [0.29, 0.717) is 37.7 Å². The summed E-state index contributed by atoms with van der Waals surface area (Å²) in [6, 6.07) is 3.57. The van der Waals surface area contributed by atoms with Gasteiger partial charge in [-0.3, -0.25) is 4.98 Å². The lowest BCUT2D eigenvalue weighted by molar-refractivity contribution is -0.0525. The molecule has 8 heteroatoms. The van der Waals surface area contributed by atoms with Gasteiger partial charge in [0, 0.05) is 36.1 Å². The van der Waals surface area contributed by atoms with Crippen molar-refractivity contribution in [2.24, 2.45) is 0 Å². The van der Waals surface area contributed by atoms with Crippen molar-refractivity contribution in [1.82, 2.24) is 9.97 Å². The van der Waals surface area contributed by atoms with Crippen LogP contribution in [-0.2, 0) is 4.74 Å². The number of hydrogen-bond acceptors (Lipinski definition) is 6. The number of hydrogen-bond donors (Lipinski definition) is 1. The minimum atomic E-state index is -2.93. The highest BCUT2D eigenvalue weighted by atomic mass is 19.3. The molecule has 0 spiro atoms. The van der Waals surface area contributed by atoms with Crippen LogP contribution in [-0.4, -0.2) is 42.9 Å². The number of halogens is 2. The molecular weight excluding hydrogens is 318 g/mol. The van der Waals surface area contributed by atoms with Crippen LogP contribution in [0.5, 0.6) is 5.88 Å². The maximum absolute atomic E-state index is 12.7. The molecule has 1 aliphatic rings. The number of morpholine rings is 1. The number of anilines is 2. The predicted octanol–water partition coefficient (Wildman–Crippen LogP) is 2.47. The van der Waals surface area contributed by atoms with Gasteiger partial charge >= 0.3 is 6.61 Å². The van der Waals surface area contributed by atoms with Gasteiger partial charge in [0.05, 0.1) is 25.1 Å². The molecule has 0 aliphatic carbocycles. The molecular formula is C16H18F2N4O2. The molecule has 0 radical (unpaired) electrons. The van der Waals surface area contributed by atoms with Gasteiger partial charge < -0.3 is 20.1 Å². The third-order valence-electron chi connectivity index (χ3n) is 3.80. The zero-order valence-electron chi connectivity index (χ0n) is 13.2. The molecule has 6 nitrogen and oxygen atoms in total. The van der Waals surface area contributed by atoms with E-state index in [0.717, 1.165) is 16.8 Å². The van der Waals surface area contributed by atoms with Crippen molar-refractivity contribution < 1.29 is 18.3 Å². The fraction of sp³-hybridized carbons (Fsp3) is 0.375. The van der Waals surface area contributed by atoms with Crippen LogP contribution in [0.3, 0.4) is 0 Å². The number of rotatable bonds is 4. The van der Waals surface area contributed by atoms with Crippen LogP contribution < -0.4 is 15.4 Å². The Bertz CT molecular complexity index is 721. The second-order valence-corrected chi connectivity index (χ2v) is 5.43. The maximum Gasteiger partial charge on any atom is 0.388 e. The predicted molar refractivity (Wildman–Crippen MR) is 86.3 cm³/mol. The molecule has 0 atom stereocenters. The van der Waals surface area contributed by atoms with E-state index >= 15 is 0 Å². The van der Waals surface area contributed by atoms with Crippen LogP contribution >= 0.6 is 0 Å². The van der Waals surface area contributed by atoms with Crippen molar-refractivity contribution in [1.29, 1.82) is 0 Å². The quantitative estimate of drug-likeness (QED) is 0.925. The molecule has 2 aromatic rings. The first-order chi connectivity index (χ1) is 11.5. The lowest BCUT2D eigenvalue weighted by Gasteiger charge is -2.30. The zero-order chi connectivity index (χ0) is 17.1. The highest BCUT2D eigenvalue weighted by molar-refractivity contribution is 5.73. The van der Waals surface area contributed by atoms with Crippen molar-refractivity contribution in [3.8, 4) is 17.0 Å². The van der Waals surface area contributed by atoms with Gasteiger partial charge in [0.1, 0.15) is 5.69 Å². The van der Waals surface area contributed by atoms with Crippen LogP contribution in [0.4, 0.5) is 20.2 Å². The molecule has 0 amide bonds. The van der Waals surface area contributed by atoms with Gasteiger partial charge in [0.2, 0.25) is 5.88 Å². The average molecular weight is 336 g/mol. The van der Waals surface area contributed by atoms with Crippen LogP contribution in [0.1, 0.15) is 5.69 Å². The molecule has 0 bridgehead atoms. The Morgan fingerprint density at radius 3 is 2.67 bits per heavy atom. The monoisotopic (exact) mass is 336 g/mol. The Balaban J connectivity index is 2.04. The SMILES string of the molecule is Cc1ncc(N)cc1-c1cnc(OC(F)F)c(N2CCOCC2)c1. The third kappa shape index (κ3) is 3.53. The van der Waals surface area contributed by atoms with Crippen molar-refractivity contribution in [3.63, 3.8) is 0 Å². The van der Waals surface area contributed by atoms with Crippen LogP contribution in [0.15, 0.2) is 24.5 Å². The van der Waals surface area contributed by atoms with Crippen molar-refractivity contribution in [3.05, 3.63) is 30.2 Å². The number of nitrogens with two attached hydrogens (primary N) is 1. The first-order valence-corrected chi connectivity index (χ1v) is 7.54. The van der Waals surface area contributed by atoms with Crippen molar-refractivity contribution >= 4 is 11.4 Å². The normalized spacial score (nSPS) is 14.9. The Morgan fingerprint density at radius 2 is 1.96 bits per heavy atom. The summed E-state index contributed by atoms with van der Waals surface area (Å²) < 4.78 is 35.2. The van der Waals surface area contributed by atoms with Gasteiger partial charge in [-0.05, 0) is 19.1 Å². The molecule has 0 saturated carbocycles. The summed E-state index contributed by atoms with van der Waals surface area (Å²) >= 11 is 0. The van der Waals surface area contributed by atoms with E-state index in [2.05, 4.69) is 14.7 Å². The Labute approximate surface area is 138 Å². The van der Waals surface area contributed by atoms with E-state index in [1.54, 1.807) is 18.3 Å². The highest BCUT2D eigenvalue weighted by Gasteiger charge is 2.20. The number of ether oxygens (including phenoxy) is 2. The van der Waals surface area contributed by atoms with Crippen molar-refractivity contribution in [2.75, 3.05) is 36.9 Å². The highest BCUT2D eigenvalue weighted by Crippen LogP contribution is 2.34.